The molecule has 0 saturated carbocycles. The minimum absolute atomic E-state index is 0. The van der Waals surface area contributed by atoms with Crippen molar-refractivity contribution >= 4 is 41.3 Å². The Balaban J connectivity index is 0.00000312. The highest BCUT2D eigenvalue weighted by Gasteiger charge is 2.07. The van der Waals surface area contributed by atoms with E-state index in [-0.39, 0.29) is 24.0 Å². The van der Waals surface area contributed by atoms with Crippen LogP contribution < -0.4 is 15.4 Å². The van der Waals surface area contributed by atoms with Gasteiger partial charge in [0, 0.05) is 37.0 Å². The molecule has 0 spiro atoms. The van der Waals surface area contributed by atoms with Gasteiger partial charge in [-0.15, -0.1) is 35.3 Å². The predicted octanol–water partition coefficient (Wildman–Crippen LogP) is 3.60. The lowest BCUT2D eigenvalue weighted by molar-refractivity contribution is 0.408. The molecule has 0 fully saturated rings. The number of halogens is 1. The number of aliphatic imine (C=N–C) groups is 1. The van der Waals surface area contributed by atoms with Crippen molar-refractivity contribution in [2.75, 3.05) is 20.7 Å². The van der Waals surface area contributed by atoms with Crippen LogP contribution in [0.1, 0.15) is 26.7 Å². The number of hydrogen-bond donors (Lipinski definition) is 2. The Morgan fingerprint density at radius 2 is 2.00 bits per heavy atom. The van der Waals surface area contributed by atoms with E-state index in [1.807, 2.05) is 13.0 Å². The van der Waals surface area contributed by atoms with Crippen LogP contribution >= 0.6 is 35.3 Å². The molecule has 2 N–H and O–H groups in total. The Kier molecular flexibility index (Phi) is 9.20. The quantitative estimate of drug-likeness (QED) is 0.382. The molecule has 0 bridgehead atoms. The molecule has 1 aromatic heterocycles. The molecule has 0 aliphatic rings. The lowest BCUT2D eigenvalue weighted by Crippen LogP contribution is -2.37. The van der Waals surface area contributed by atoms with E-state index in [1.165, 1.54) is 10.4 Å². The van der Waals surface area contributed by atoms with Gasteiger partial charge in [-0.3, -0.25) is 4.99 Å². The lowest BCUT2D eigenvalue weighted by atomic mass is 10.1. The van der Waals surface area contributed by atoms with E-state index >= 15 is 0 Å². The summed E-state index contributed by atoms with van der Waals surface area (Å²) in [5.74, 6) is 1.69. The maximum absolute atomic E-state index is 5.44. The second kappa shape index (κ2) is 10.6. The summed E-state index contributed by atoms with van der Waals surface area (Å²) in [7, 11) is 3.48. The molecule has 0 radical (unpaired) electrons. The van der Waals surface area contributed by atoms with Crippen molar-refractivity contribution in [3.63, 3.8) is 0 Å². The van der Waals surface area contributed by atoms with E-state index in [9.17, 15) is 0 Å². The number of ether oxygens (including phenoxy) is 1. The van der Waals surface area contributed by atoms with Crippen molar-refractivity contribution in [1.29, 1.82) is 0 Å². The average Bonchev–Trinajstić information content (AvgIpc) is 2.89. The Hall–Kier alpha value is -1.35. The first-order valence-corrected chi connectivity index (χ1v) is 8.86. The summed E-state index contributed by atoms with van der Waals surface area (Å²) in [4.78, 5) is 10.1. The summed E-state index contributed by atoms with van der Waals surface area (Å²) in [5, 5.41) is 7.80. The van der Waals surface area contributed by atoms with E-state index in [0.29, 0.717) is 6.54 Å². The summed E-state index contributed by atoms with van der Waals surface area (Å²) < 4.78 is 5.44. The van der Waals surface area contributed by atoms with Crippen molar-refractivity contribution in [3.8, 4) is 5.75 Å². The third-order valence-electron chi connectivity index (χ3n) is 3.76. The minimum atomic E-state index is 0. The first kappa shape index (κ1) is 21.7. The van der Waals surface area contributed by atoms with Gasteiger partial charge in [-0.05, 0) is 32.4 Å². The Morgan fingerprint density at radius 3 is 2.60 bits per heavy atom. The molecule has 0 aliphatic carbocycles. The molecule has 25 heavy (non-hydrogen) atoms. The van der Waals surface area contributed by atoms with Crippen LogP contribution in [0.15, 0.2) is 23.2 Å². The van der Waals surface area contributed by atoms with Crippen molar-refractivity contribution in [2.24, 2.45) is 4.99 Å². The molecule has 138 valence electrons. The third kappa shape index (κ3) is 6.47. The number of rotatable bonds is 6. The summed E-state index contributed by atoms with van der Waals surface area (Å²) in [5.41, 5.74) is 3.43. The van der Waals surface area contributed by atoms with Crippen LogP contribution in [0.25, 0.3) is 0 Å². The molecule has 1 aromatic carbocycles. The molecule has 1 heterocycles. The number of aryl methyl sites for hydroxylation is 3. The van der Waals surface area contributed by atoms with Gasteiger partial charge < -0.3 is 15.4 Å². The Labute approximate surface area is 171 Å². The van der Waals surface area contributed by atoms with Gasteiger partial charge in [0.1, 0.15) is 5.75 Å². The fraction of sp³-hybridized carbons (Fsp3) is 0.444. The minimum Gasteiger partial charge on any atom is -0.496 e. The second-order valence-corrected chi connectivity index (χ2v) is 6.95. The van der Waals surface area contributed by atoms with E-state index in [0.717, 1.165) is 40.9 Å². The maximum atomic E-state index is 5.44. The predicted molar refractivity (Wildman–Crippen MR) is 117 cm³/mol. The fourth-order valence-corrected chi connectivity index (χ4v) is 3.43. The summed E-state index contributed by atoms with van der Waals surface area (Å²) >= 11 is 1.76. The van der Waals surface area contributed by atoms with Crippen molar-refractivity contribution in [3.05, 3.63) is 44.9 Å². The zero-order valence-electron chi connectivity index (χ0n) is 15.5. The van der Waals surface area contributed by atoms with Gasteiger partial charge >= 0.3 is 0 Å². The largest absolute Gasteiger partial charge is 0.496 e. The number of methoxy groups -OCH3 is 1. The van der Waals surface area contributed by atoms with Crippen LogP contribution in [-0.4, -0.2) is 31.6 Å². The molecule has 0 aliphatic heterocycles. The molecule has 0 unspecified atom stereocenters. The Morgan fingerprint density at radius 1 is 1.24 bits per heavy atom. The summed E-state index contributed by atoms with van der Waals surface area (Å²) in [6.07, 6.45) is 0.950. The molecular formula is C18H27IN4OS. The summed E-state index contributed by atoms with van der Waals surface area (Å²) in [6, 6.07) is 6.21. The highest BCUT2D eigenvalue weighted by Crippen LogP contribution is 2.19. The van der Waals surface area contributed by atoms with Crippen molar-refractivity contribution in [1.82, 2.24) is 15.6 Å². The van der Waals surface area contributed by atoms with Crippen LogP contribution in [0.4, 0.5) is 0 Å². The standard InChI is InChI=1S/C18H26N4OS.HI/c1-12-6-7-15(16(10-12)23-5)11-21-18(19-4)20-9-8-17-13(2)22-14(3)24-17;/h6-7,10H,8-9,11H2,1-5H3,(H2,19,20,21);1H. The number of nitrogens with zero attached hydrogens (tertiary/aromatic N) is 2. The third-order valence-corrected chi connectivity index (χ3v) is 4.89. The van der Waals surface area contributed by atoms with Crippen molar-refractivity contribution < 1.29 is 4.74 Å². The Bertz CT molecular complexity index is 715. The lowest BCUT2D eigenvalue weighted by Gasteiger charge is -2.14. The molecule has 2 aromatic rings. The smallest absolute Gasteiger partial charge is 0.191 e. The van der Waals surface area contributed by atoms with Gasteiger partial charge in [0.15, 0.2) is 5.96 Å². The maximum Gasteiger partial charge on any atom is 0.191 e. The highest BCUT2D eigenvalue weighted by molar-refractivity contribution is 14.0. The second-order valence-electron chi connectivity index (χ2n) is 5.66. The molecule has 7 heteroatoms. The van der Waals surface area contributed by atoms with Gasteiger partial charge in [0.05, 0.1) is 17.8 Å². The number of aromatic nitrogens is 1. The highest BCUT2D eigenvalue weighted by atomic mass is 127. The van der Waals surface area contributed by atoms with Crippen LogP contribution in [0, 0.1) is 20.8 Å². The topological polar surface area (TPSA) is 58.5 Å². The first-order chi connectivity index (χ1) is 11.5. The van der Waals surface area contributed by atoms with E-state index in [1.54, 1.807) is 25.5 Å². The summed E-state index contributed by atoms with van der Waals surface area (Å²) in [6.45, 7) is 7.66. The first-order valence-electron chi connectivity index (χ1n) is 8.04. The number of thiazole rings is 1. The van der Waals surface area contributed by atoms with Crippen LogP contribution in [0.3, 0.4) is 0 Å². The van der Waals surface area contributed by atoms with Gasteiger partial charge in [-0.1, -0.05) is 12.1 Å². The molecule has 5 nitrogen and oxygen atoms in total. The fourth-order valence-electron chi connectivity index (χ4n) is 2.50. The molecule has 2 rings (SSSR count). The number of nitrogens with one attached hydrogen (secondary N) is 2. The average molecular weight is 474 g/mol. The van der Waals surface area contributed by atoms with Crippen LogP contribution in [-0.2, 0) is 13.0 Å². The molecule has 0 saturated heterocycles. The zero-order valence-corrected chi connectivity index (χ0v) is 18.6. The van der Waals surface area contributed by atoms with Gasteiger partial charge in [-0.25, -0.2) is 4.98 Å². The molecule has 0 amide bonds. The zero-order chi connectivity index (χ0) is 17.5. The van der Waals surface area contributed by atoms with E-state index < -0.39 is 0 Å². The van der Waals surface area contributed by atoms with Gasteiger partial charge in [0.25, 0.3) is 0 Å². The number of guanidine groups is 1. The number of hydrogen-bond acceptors (Lipinski definition) is 4. The SMILES string of the molecule is CN=C(NCCc1sc(C)nc1C)NCc1ccc(C)cc1OC.I. The molecular weight excluding hydrogens is 447 g/mol. The van der Waals surface area contributed by atoms with E-state index in [2.05, 4.69) is 46.6 Å². The molecule has 0 atom stereocenters. The number of benzene rings is 1. The van der Waals surface area contributed by atoms with Crippen LogP contribution in [0.5, 0.6) is 5.75 Å². The van der Waals surface area contributed by atoms with Crippen LogP contribution in [0.2, 0.25) is 0 Å². The normalized spacial score (nSPS) is 11.0. The van der Waals surface area contributed by atoms with E-state index in [4.69, 9.17) is 4.74 Å². The van der Waals surface area contributed by atoms with Gasteiger partial charge in [-0.2, -0.15) is 0 Å². The monoisotopic (exact) mass is 474 g/mol. The van der Waals surface area contributed by atoms with Crippen molar-refractivity contribution in [2.45, 2.75) is 33.7 Å². The van der Waals surface area contributed by atoms with Gasteiger partial charge in [0.2, 0.25) is 0 Å².